The van der Waals surface area contributed by atoms with Gasteiger partial charge in [-0.1, -0.05) is 12.1 Å². The number of benzene rings is 1. The van der Waals surface area contributed by atoms with Gasteiger partial charge in [-0.05, 0) is 19.9 Å². The minimum atomic E-state index is -4.52. The van der Waals surface area contributed by atoms with Gasteiger partial charge in [-0.25, -0.2) is 13.2 Å². The predicted octanol–water partition coefficient (Wildman–Crippen LogP) is -0.00530. The van der Waals surface area contributed by atoms with E-state index < -0.39 is 54.9 Å². The molecule has 0 radical (unpaired) electrons. The summed E-state index contributed by atoms with van der Waals surface area (Å²) in [5.41, 5.74) is -3.90. The molecule has 1 aromatic rings. The fourth-order valence-electron chi connectivity index (χ4n) is 2.95. The van der Waals surface area contributed by atoms with Gasteiger partial charge in [0.25, 0.3) is 5.69 Å². The Morgan fingerprint density at radius 2 is 2.04 bits per heavy atom. The highest BCUT2D eigenvalue weighted by molar-refractivity contribution is 7.89. The van der Waals surface area contributed by atoms with Crippen LogP contribution in [0.3, 0.4) is 0 Å². The lowest BCUT2D eigenvalue weighted by atomic mass is 9.82. The summed E-state index contributed by atoms with van der Waals surface area (Å²) in [7, 11) is -3.38. The van der Waals surface area contributed by atoms with Crippen molar-refractivity contribution in [1.29, 1.82) is 0 Å². The first kappa shape index (κ1) is 21.4. The number of likely N-dealkylation sites (tertiary alicyclic amines) is 1. The van der Waals surface area contributed by atoms with Gasteiger partial charge in [0.15, 0.2) is 4.90 Å². The summed E-state index contributed by atoms with van der Waals surface area (Å²) in [4.78, 5) is 46.5. The first-order chi connectivity index (χ1) is 12.9. The molecule has 152 valence electrons. The quantitative estimate of drug-likeness (QED) is 0.205. The molecule has 1 aliphatic heterocycles. The molecule has 12 heteroatoms. The van der Waals surface area contributed by atoms with Gasteiger partial charge in [-0.2, -0.15) is 4.72 Å². The summed E-state index contributed by atoms with van der Waals surface area (Å²) < 4.78 is 32.2. The molecule has 1 amide bonds. The average molecular weight is 413 g/mol. The van der Waals surface area contributed by atoms with Crippen LogP contribution in [0.5, 0.6) is 0 Å². The lowest BCUT2D eigenvalue weighted by Crippen LogP contribution is -2.79. The third-order valence-corrected chi connectivity index (χ3v) is 6.14. The second-order valence-corrected chi connectivity index (χ2v) is 8.38. The van der Waals surface area contributed by atoms with Gasteiger partial charge in [-0.3, -0.25) is 14.9 Å². The first-order valence-corrected chi connectivity index (χ1v) is 9.53. The number of esters is 1. The number of β-lactam (4-membered cyclic amide) rings is 1. The number of nitrogens with zero attached hydrogens (tertiary/aromatic N) is 2. The molecule has 1 heterocycles. The number of nitro groups is 1. The Kier molecular flexibility index (Phi) is 5.57. The Balaban J connectivity index is 2.40. The van der Waals surface area contributed by atoms with Crippen LogP contribution in [-0.4, -0.2) is 61.1 Å². The van der Waals surface area contributed by atoms with Gasteiger partial charge in [0, 0.05) is 12.5 Å². The van der Waals surface area contributed by atoms with E-state index in [9.17, 15) is 32.9 Å². The number of nitrogens with one attached hydrogen (secondary N) is 1. The summed E-state index contributed by atoms with van der Waals surface area (Å²) in [6.07, 6.45) is -0.137. The van der Waals surface area contributed by atoms with Crippen LogP contribution in [0.4, 0.5) is 5.69 Å². The first-order valence-electron chi connectivity index (χ1n) is 8.04. The number of methoxy groups -OCH3 is 1. The summed E-state index contributed by atoms with van der Waals surface area (Å²) in [5.74, 6) is -1.53. The highest BCUT2D eigenvalue weighted by atomic mass is 32.2. The molecule has 0 spiro atoms. The summed E-state index contributed by atoms with van der Waals surface area (Å²) in [6.45, 7) is 2.54. The van der Waals surface area contributed by atoms with E-state index in [0.29, 0.717) is 6.29 Å². The van der Waals surface area contributed by atoms with Gasteiger partial charge in [0.2, 0.25) is 15.9 Å². The molecule has 0 aliphatic carbocycles. The molecule has 1 fully saturated rings. The van der Waals surface area contributed by atoms with Crippen molar-refractivity contribution >= 4 is 33.9 Å². The highest BCUT2D eigenvalue weighted by Gasteiger charge is 2.60. The number of nitro benzene ring substituents is 1. The molecule has 11 nitrogen and oxygen atoms in total. The smallest absolute Gasteiger partial charge is 0.331 e. The molecule has 1 unspecified atom stereocenters. The standard InChI is InChI=1S/C16H19N3O8S/c1-15(2,14(22)27-3)18-10-16(8-9-20,13(18)21)17-28(25,26)12-7-5-4-6-11(12)19(23)24/h4-7,9,17H,8,10H2,1-3H3. The van der Waals surface area contributed by atoms with Gasteiger partial charge < -0.3 is 14.4 Å². The molecule has 1 atom stereocenters. The SMILES string of the molecule is COC(=O)C(C)(C)N1CC(CC=O)(NS(=O)(=O)c2ccccc2[N+](=O)[O-])C1=O. The molecule has 1 aromatic carbocycles. The van der Waals surface area contributed by atoms with Gasteiger partial charge in [0.05, 0.1) is 18.6 Å². The zero-order valence-electron chi connectivity index (χ0n) is 15.4. The van der Waals surface area contributed by atoms with Crippen molar-refractivity contribution in [2.45, 2.75) is 36.2 Å². The number of amides is 1. The number of carbonyl (C=O) groups is 3. The van der Waals surface area contributed by atoms with Crippen LogP contribution < -0.4 is 4.72 Å². The molecule has 0 saturated carbocycles. The molecule has 0 bridgehead atoms. The number of ether oxygens (including phenoxy) is 1. The van der Waals surface area contributed by atoms with Crippen molar-refractivity contribution in [2.24, 2.45) is 0 Å². The largest absolute Gasteiger partial charge is 0.467 e. The van der Waals surface area contributed by atoms with Crippen LogP contribution >= 0.6 is 0 Å². The topological polar surface area (TPSA) is 153 Å². The Labute approximate surface area is 160 Å². The van der Waals surface area contributed by atoms with Crippen LogP contribution in [0.2, 0.25) is 0 Å². The van der Waals surface area contributed by atoms with Gasteiger partial charge in [-0.15, -0.1) is 0 Å². The summed E-state index contributed by atoms with van der Waals surface area (Å²) in [6, 6.07) is 4.63. The van der Waals surface area contributed by atoms with E-state index in [1.54, 1.807) is 0 Å². The fraction of sp³-hybridized carbons (Fsp3) is 0.438. The van der Waals surface area contributed by atoms with E-state index in [-0.39, 0.29) is 6.54 Å². The van der Waals surface area contributed by atoms with Crippen molar-refractivity contribution in [3.63, 3.8) is 0 Å². The predicted molar refractivity (Wildman–Crippen MR) is 94.6 cm³/mol. The van der Waals surface area contributed by atoms with Crippen molar-refractivity contribution in [3.05, 3.63) is 34.4 Å². The molecule has 1 saturated heterocycles. The number of hydrogen-bond donors (Lipinski definition) is 1. The zero-order valence-corrected chi connectivity index (χ0v) is 16.2. The van der Waals surface area contributed by atoms with Crippen molar-refractivity contribution in [2.75, 3.05) is 13.7 Å². The normalized spacial score (nSPS) is 19.7. The Morgan fingerprint density at radius 3 is 2.54 bits per heavy atom. The van der Waals surface area contributed by atoms with E-state index in [1.165, 1.54) is 26.0 Å². The Hall–Kier alpha value is -2.86. The lowest BCUT2D eigenvalue weighted by Gasteiger charge is -2.53. The van der Waals surface area contributed by atoms with Crippen molar-refractivity contribution in [3.8, 4) is 0 Å². The lowest BCUT2D eigenvalue weighted by molar-refractivity contribution is -0.387. The van der Waals surface area contributed by atoms with E-state index >= 15 is 0 Å². The van der Waals surface area contributed by atoms with Crippen molar-refractivity contribution < 1.29 is 32.5 Å². The number of para-hydroxylation sites is 1. The summed E-state index contributed by atoms with van der Waals surface area (Å²) in [5, 5.41) is 11.1. The molecule has 1 aliphatic rings. The number of hydrogen-bond acceptors (Lipinski definition) is 8. The maximum Gasteiger partial charge on any atom is 0.331 e. The second-order valence-electron chi connectivity index (χ2n) is 6.73. The Morgan fingerprint density at radius 1 is 1.43 bits per heavy atom. The second kappa shape index (κ2) is 7.28. The maximum absolute atomic E-state index is 12.8. The van der Waals surface area contributed by atoms with Gasteiger partial charge >= 0.3 is 5.97 Å². The van der Waals surface area contributed by atoms with Gasteiger partial charge in [0.1, 0.15) is 17.4 Å². The summed E-state index contributed by atoms with van der Waals surface area (Å²) >= 11 is 0. The Bertz CT molecular complexity index is 943. The molecule has 0 aromatic heterocycles. The minimum absolute atomic E-state index is 0.285. The third-order valence-electron chi connectivity index (χ3n) is 4.56. The number of rotatable bonds is 8. The molecular weight excluding hydrogens is 394 g/mol. The van der Waals surface area contributed by atoms with E-state index in [1.807, 2.05) is 0 Å². The third kappa shape index (κ3) is 3.47. The molecular formula is C16H19N3O8S. The number of sulfonamides is 1. The highest BCUT2D eigenvalue weighted by Crippen LogP contribution is 2.35. The van der Waals surface area contributed by atoms with Crippen LogP contribution in [-0.2, 0) is 29.1 Å². The molecule has 2 rings (SSSR count). The number of carbonyl (C=O) groups excluding carboxylic acids is 3. The van der Waals surface area contributed by atoms with Crippen LogP contribution in [0, 0.1) is 10.1 Å². The van der Waals surface area contributed by atoms with Crippen LogP contribution in [0.25, 0.3) is 0 Å². The van der Waals surface area contributed by atoms with E-state index in [0.717, 1.165) is 24.1 Å². The molecule has 28 heavy (non-hydrogen) atoms. The fourth-order valence-corrected chi connectivity index (χ4v) is 4.48. The maximum atomic E-state index is 12.8. The average Bonchev–Trinajstić information content (AvgIpc) is 2.64. The number of aldehydes is 1. The van der Waals surface area contributed by atoms with Crippen molar-refractivity contribution in [1.82, 2.24) is 9.62 Å². The monoisotopic (exact) mass is 413 g/mol. The zero-order chi connectivity index (χ0) is 21.3. The van der Waals surface area contributed by atoms with E-state index in [4.69, 9.17) is 0 Å². The minimum Gasteiger partial charge on any atom is -0.467 e. The van der Waals surface area contributed by atoms with E-state index in [2.05, 4.69) is 9.46 Å². The molecule has 1 N–H and O–H groups in total. The van der Waals surface area contributed by atoms with Crippen LogP contribution in [0.15, 0.2) is 29.2 Å². The van der Waals surface area contributed by atoms with Crippen LogP contribution in [0.1, 0.15) is 20.3 Å².